The molecule has 20 atom stereocenters. The lowest BCUT2D eigenvalue weighted by Crippen LogP contribution is -2.68. The van der Waals surface area contributed by atoms with Gasteiger partial charge in [0, 0.05) is 45.4 Å². The van der Waals surface area contributed by atoms with Crippen molar-refractivity contribution in [1.29, 1.82) is 0 Å². The average Bonchev–Trinajstić information content (AvgIpc) is 1.28. The molecule has 4 heterocycles. The number of rotatable bonds is 23. The molecule has 4 aromatic rings. The molecule has 0 saturated carbocycles. The van der Waals surface area contributed by atoms with Crippen molar-refractivity contribution < 1.29 is 105 Å². The van der Waals surface area contributed by atoms with Crippen molar-refractivity contribution in [3.63, 3.8) is 0 Å². The number of nitrogens with one attached hydrogen (secondary N) is 1. The van der Waals surface area contributed by atoms with Crippen molar-refractivity contribution in [2.24, 2.45) is 17.8 Å². The third kappa shape index (κ3) is 16.9. The Balaban J connectivity index is 1.19. The first kappa shape index (κ1) is 66.8. The molecule has 0 radical (unpaired) electrons. The molecule has 8 rings (SSSR count). The summed E-state index contributed by atoms with van der Waals surface area (Å²) in [6.45, 7) is 12.8. The van der Waals surface area contributed by atoms with Gasteiger partial charge < -0.3 is 76.7 Å². The fraction of sp³-hybridized carbons (Fsp3) is 0.523. The number of esters is 6. The van der Waals surface area contributed by atoms with E-state index in [1.165, 1.54) is 39.8 Å². The van der Waals surface area contributed by atoms with E-state index in [0.29, 0.717) is 12.8 Å². The van der Waals surface area contributed by atoms with Gasteiger partial charge in [-0.3, -0.25) is 19.2 Å². The van der Waals surface area contributed by atoms with Gasteiger partial charge >= 0.3 is 35.8 Å². The maximum atomic E-state index is 14.6. The van der Waals surface area contributed by atoms with Crippen LogP contribution in [-0.4, -0.2) is 164 Å². The first-order chi connectivity index (χ1) is 42.2. The molecule has 476 valence electrons. The summed E-state index contributed by atoms with van der Waals surface area (Å²) in [5.74, 6) is -7.25. The number of ether oxygens (including phenoxy) is 14. The minimum absolute atomic E-state index is 0.0854. The summed E-state index contributed by atoms with van der Waals surface area (Å²) < 4.78 is 89.3. The second kappa shape index (κ2) is 31.3. The zero-order valence-corrected chi connectivity index (χ0v) is 50.6. The summed E-state index contributed by atoms with van der Waals surface area (Å²) >= 11 is 0. The standard InChI is InChI=1S/C65H79NO22/c1-10-46-35(3)54(87-64-56(79-41(9)70)37(5)53(78-40(8)69)49(83-64)34-75-39(7)68)50(66-38(6)67)62(80-46)88-57-51(71)48(33-76-59(72)43-26-18-13-19-27-43)82-65(58(57)85-61(74)45-30-22-15-23-31-45)86-52-36(4)55(84-60(73)44-28-20-14-21-29-44)63(81-47(52)11-2)77-32-42-24-16-12-17-25-42/h12-31,35-37,46-58,62-65,71H,10-11,32-34H2,1-9H3,(H,66,67)/t35-,36+,37+,46?,47?,48?,49?,50?,51+,52+,53-,54+,55?,56?,57+,58?,62+,63-,64+,65+/m1/s1. The van der Waals surface area contributed by atoms with E-state index < -0.39 is 177 Å². The Kier molecular flexibility index (Phi) is 23.8. The topological polar surface area (TPSA) is 281 Å². The molecule has 0 spiro atoms. The molecule has 88 heavy (non-hydrogen) atoms. The largest absolute Gasteiger partial charge is 0.463 e. The molecule has 23 nitrogen and oxygen atoms in total. The molecule has 1 amide bonds. The summed E-state index contributed by atoms with van der Waals surface area (Å²) in [5.41, 5.74) is 1.36. The normalized spacial score (nSPS) is 32.1. The average molecular weight is 1230 g/mol. The number of hydrogen-bond acceptors (Lipinski definition) is 22. The van der Waals surface area contributed by atoms with E-state index in [-0.39, 0.29) is 23.3 Å². The quantitative estimate of drug-likeness (QED) is 0.0585. The number of aliphatic hydroxyl groups excluding tert-OH is 1. The van der Waals surface area contributed by atoms with Gasteiger partial charge in [0.25, 0.3) is 0 Å². The first-order valence-electron chi connectivity index (χ1n) is 29.7. The van der Waals surface area contributed by atoms with Crippen LogP contribution in [0.3, 0.4) is 0 Å². The van der Waals surface area contributed by atoms with Gasteiger partial charge in [0.1, 0.15) is 49.8 Å². The highest BCUT2D eigenvalue weighted by Crippen LogP contribution is 2.41. The first-order valence-corrected chi connectivity index (χ1v) is 29.7. The van der Waals surface area contributed by atoms with E-state index in [1.54, 1.807) is 99.6 Å². The van der Waals surface area contributed by atoms with Crippen molar-refractivity contribution in [2.75, 3.05) is 13.2 Å². The molecule has 4 fully saturated rings. The maximum Gasteiger partial charge on any atom is 0.338 e. The molecule has 2 N–H and O–H groups in total. The van der Waals surface area contributed by atoms with Gasteiger partial charge in [0.15, 0.2) is 43.5 Å². The van der Waals surface area contributed by atoms with Crippen LogP contribution in [0.1, 0.15) is 112 Å². The summed E-state index contributed by atoms with van der Waals surface area (Å²) in [4.78, 5) is 93.3. The fourth-order valence-corrected chi connectivity index (χ4v) is 11.4. The van der Waals surface area contributed by atoms with Crippen LogP contribution in [0.2, 0.25) is 0 Å². The monoisotopic (exact) mass is 1230 g/mol. The van der Waals surface area contributed by atoms with Gasteiger partial charge in [-0.25, -0.2) is 14.4 Å². The Morgan fingerprint density at radius 2 is 0.875 bits per heavy atom. The fourth-order valence-electron chi connectivity index (χ4n) is 11.4. The predicted octanol–water partition coefficient (Wildman–Crippen LogP) is 6.59. The minimum Gasteiger partial charge on any atom is -0.463 e. The van der Waals surface area contributed by atoms with Gasteiger partial charge in [0.05, 0.1) is 47.7 Å². The van der Waals surface area contributed by atoms with Crippen LogP contribution in [0.4, 0.5) is 0 Å². The van der Waals surface area contributed by atoms with Crippen molar-refractivity contribution >= 4 is 41.7 Å². The van der Waals surface area contributed by atoms with Crippen LogP contribution in [0.25, 0.3) is 0 Å². The van der Waals surface area contributed by atoms with Gasteiger partial charge in [-0.1, -0.05) is 120 Å². The van der Waals surface area contributed by atoms with Crippen LogP contribution in [0, 0.1) is 17.8 Å². The molecule has 4 aliphatic heterocycles. The van der Waals surface area contributed by atoms with Gasteiger partial charge in [-0.2, -0.15) is 0 Å². The molecule has 4 aromatic carbocycles. The lowest BCUT2D eigenvalue weighted by Gasteiger charge is -2.51. The van der Waals surface area contributed by atoms with Crippen LogP contribution in [0.15, 0.2) is 121 Å². The third-order valence-electron chi connectivity index (χ3n) is 15.9. The molecule has 23 heteroatoms. The zero-order valence-electron chi connectivity index (χ0n) is 50.6. The van der Waals surface area contributed by atoms with Crippen molar-refractivity contribution in [2.45, 2.75) is 186 Å². The number of amides is 1. The highest BCUT2D eigenvalue weighted by Gasteiger charge is 2.58. The zero-order chi connectivity index (χ0) is 63.2. The molecule has 4 aliphatic rings. The predicted molar refractivity (Wildman–Crippen MR) is 308 cm³/mol. The van der Waals surface area contributed by atoms with Crippen LogP contribution >= 0.6 is 0 Å². The number of hydrogen-bond donors (Lipinski definition) is 2. The summed E-state index contributed by atoms with van der Waals surface area (Å²) in [7, 11) is 0. The smallest absolute Gasteiger partial charge is 0.338 e. The van der Waals surface area contributed by atoms with Crippen molar-refractivity contribution in [3.8, 4) is 0 Å². The van der Waals surface area contributed by atoms with E-state index in [4.69, 9.17) is 66.3 Å². The van der Waals surface area contributed by atoms with E-state index in [1.807, 2.05) is 44.2 Å². The Morgan fingerprint density at radius 1 is 0.432 bits per heavy atom. The molecule has 0 bridgehead atoms. The number of carbonyl (C=O) groups excluding carboxylic acids is 7. The molecular weight excluding hydrogens is 1150 g/mol. The molecule has 0 aliphatic carbocycles. The second-order valence-corrected chi connectivity index (χ2v) is 22.3. The summed E-state index contributed by atoms with van der Waals surface area (Å²) in [6.07, 6.45) is -20.7. The highest BCUT2D eigenvalue weighted by atomic mass is 16.8. The molecule has 4 saturated heterocycles. The third-order valence-corrected chi connectivity index (χ3v) is 15.9. The summed E-state index contributed by atoms with van der Waals surface area (Å²) in [5, 5.41) is 15.7. The SMILES string of the molecule is CCC1O[C@@H](O[C@@H]2C(OC(=O)c3ccccc3)[C@H](O[C@@H]3C(CC)O[C@@H](OCc4ccccc4)C(OC(=O)c4ccccc4)[C@H]3C)OC(COC(=O)c3ccccc3)[C@@H]2O)C(NC(C)=O)[C@@H](O[C@@H]2OC(COC(C)=O)[C@H](OC(C)=O)[C@H](C)C2OC(C)=O)[C@@H]1C. The second-order valence-electron chi connectivity index (χ2n) is 22.3. The Morgan fingerprint density at radius 3 is 1.42 bits per heavy atom. The molecule has 0 aromatic heterocycles. The van der Waals surface area contributed by atoms with E-state index in [9.17, 15) is 38.7 Å². The van der Waals surface area contributed by atoms with Gasteiger partial charge in [-0.05, 0) is 54.8 Å². The van der Waals surface area contributed by atoms with Crippen LogP contribution < -0.4 is 5.32 Å². The van der Waals surface area contributed by atoms with Gasteiger partial charge in [0.2, 0.25) is 5.91 Å². The van der Waals surface area contributed by atoms with E-state index in [2.05, 4.69) is 5.32 Å². The molecule has 8 unspecified atom stereocenters. The highest BCUT2D eigenvalue weighted by molar-refractivity contribution is 5.90. The van der Waals surface area contributed by atoms with Crippen molar-refractivity contribution in [1.82, 2.24) is 5.32 Å². The Labute approximate surface area is 511 Å². The number of aliphatic hydroxyl groups is 1. The Bertz CT molecular complexity index is 2940. The van der Waals surface area contributed by atoms with E-state index >= 15 is 0 Å². The maximum absolute atomic E-state index is 14.6. The van der Waals surface area contributed by atoms with Gasteiger partial charge in [-0.15, -0.1) is 0 Å². The van der Waals surface area contributed by atoms with E-state index in [0.717, 1.165) is 5.56 Å². The van der Waals surface area contributed by atoms with Crippen LogP contribution in [0.5, 0.6) is 0 Å². The lowest BCUT2D eigenvalue weighted by atomic mass is 9.86. The Hall–Kier alpha value is -7.19. The number of benzene rings is 4. The minimum atomic E-state index is -1.86. The van der Waals surface area contributed by atoms with Crippen LogP contribution in [-0.2, 0) is 92.1 Å². The van der Waals surface area contributed by atoms with Crippen molar-refractivity contribution in [3.05, 3.63) is 144 Å². The lowest BCUT2D eigenvalue weighted by molar-refractivity contribution is -0.372. The summed E-state index contributed by atoms with van der Waals surface area (Å²) in [6, 6.07) is 32.5. The molecular formula is C65H79NO22. The number of carbonyl (C=O) groups is 7.